The first-order valence-electron chi connectivity index (χ1n) is 5.68. The highest BCUT2D eigenvalue weighted by molar-refractivity contribution is 9.10. The predicted molar refractivity (Wildman–Crippen MR) is 72.5 cm³/mol. The van der Waals surface area contributed by atoms with Crippen molar-refractivity contribution < 1.29 is 0 Å². The summed E-state index contributed by atoms with van der Waals surface area (Å²) in [5, 5.41) is 5.70. The Bertz CT molecular complexity index is 272. The zero-order valence-electron chi connectivity index (χ0n) is 9.55. The second-order valence-corrected chi connectivity index (χ2v) is 5.92. The molecule has 1 atom stereocenters. The van der Waals surface area contributed by atoms with E-state index in [0.717, 1.165) is 6.54 Å². The number of hydrogen-bond donors (Lipinski definition) is 1. The molecular weight excluding hydrogens is 270 g/mol. The SMILES string of the molecule is CCCCCC(C)NCc1cc(Br)cs1. The third-order valence-electron chi connectivity index (χ3n) is 2.49. The number of nitrogens with one attached hydrogen (secondary N) is 1. The van der Waals surface area contributed by atoms with Crippen LogP contribution in [-0.4, -0.2) is 6.04 Å². The topological polar surface area (TPSA) is 12.0 Å². The van der Waals surface area contributed by atoms with Crippen molar-refractivity contribution in [2.24, 2.45) is 0 Å². The van der Waals surface area contributed by atoms with Crippen LogP contribution in [0.1, 0.15) is 44.4 Å². The first-order chi connectivity index (χ1) is 7.22. The van der Waals surface area contributed by atoms with Gasteiger partial charge in [0, 0.05) is 27.3 Å². The molecule has 86 valence electrons. The van der Waals surface area contributed by atoms with Gasteiger partial charge in [0.2, 0.25) is 0 Å². The third kappa shape index (κ3) is 5.69. The fourth-order valence-corrected chi connectivity index (χ4v) is 2.93. The maximum absolute atomic E-state index is 3.56. The Hall–Kier alpha value is 0.140. The van der Waals surface area contributed by atoms with Crippen LogP contribution in [0.3, 0.4) is 0 Å². The number of thiophene rings is 1. The highest BCUT2D eigenvalue weighted by atomic mass is 79.9. The molecule has 1 nitrogen and oxygen atoms in total. The fourth-order valence-electron chi connectivity index (χ4n) is 1.52. The minimum atomic E-state index is 0.637. The molecule has 15 heavy (non-hydrogen) atoms. The van der Waals surface area contributed by atoms with Crippen LogP contribution in [0.25, 0.3) is 0 Å². The van der Waals surface area contributed by atoms with E-state index in [-0.39, 0.29) is 0 Å². The lowest BCUT2D eigenvalue weighted by Crippen LogP contribution is -2.24. The van der Waals surface area contributed by atoms with Gasteiger partial charge in [0.15, 0.2) is 0 Å². The smallest absolute Gasteiger partial charge is 0.0302 e. The Morgan fingerprint density at radius 2 is 2.27 bits per heavy atom. The summed E-state index contributed by atoms with van der Waals surface area (Å²) in [6.45, 7) is 5.53. The summed E-state index contributed by atoms with van der Waals surface area (Å²) in [5.41, 5.74) is 0. The Labute approximate surface area is 105 Å². The summed E-state index contributed by atoms with van der Waals surface area (Å²) >= 11 is 5.28. The van der Waals surface area contributed by atoms with Crippen molar-refractivity contribution in [3.05, 3.63) is 20.8 Å². The lowest BCUT2D eigenvalue weighted by molar-refractivity contribution is 0.489. The van der Waals surface area contributed by atoms with Crippen molar-refractivity contribution in [2.75, 3.05) is 0 Å². The summed E-state index contributed by atoms with van der Waals surface area (Å²) in [6, 6.07) is 2.83. The highest BCUT2D eigenvalue weighted by Gasteiger charge is 2.02. The molecule has 1 aromatic rings. The minimum Gasteiger partial charge on any atom is -0.309 e. The van der Waals surface area contributed by atoms with Crippen LogP contribution in [0, 0.1) is 0 Å². The van der Waals surface area contributed by atoms with Crippen LogP contribution in [0.5, 0.6) is 0 Å². The predicted octanol–water partition coefficient (Wildman–Crippen LogP) is 4.57. The van der Waals surface area contributed by atoms with Crippen LogP contribution in [-0.2, 0) is 6.54 Å². The maximum Gasteiger partial charge on any atom is 0.0302 e. The Kier molecular flexibility index (Phi) is 6.53. The van der Waals surface area contributed by atoms with Gasteiger partial charge in [0.05, 0.1) is 0 Å². The van der Waals surface area contributed by atoms with Gasteiger partial charge in [-0.2, -0.15) is 0 Å². The summed E-state index contributed by atoms with van der Waals surface area (Å²) in [7, 11) is 0. The van der Waals surface area contributed by atoms with Gasteiger partial charge in [-0.15, -0.1) is 11.3 Å². The number of halogens is 1. The molecule has 0 aliphatic heterocycles. The van der Waals surface area contributed by atoms with E-state index >= 15 is 0 Å². The quantitative estimate of drug-likeness (QED) is 0.725. The second-order valence-electron chi connectivity index (χ2n) is 4.01. The van der Waals surface area contributed by atoms with Gasteiger partial charge in [-0.3, -0.25) is 0 Å². The molecule has 1 aromatic heterocycles. The molecule has 0 bridgehead atoms. The average Bonchev–Trinajstić information content (AvgIpc) is 2.62. The van der Waals surface area contributed by atoms with E-state index in [1.165, 1.54) is 35.0 Å². The van der Waals surface area contributed by atoms with Crippen LogP contribution in [0.15, 0.2) is 15.9 Å². The molecule has 1 rings (SSSR count). The minimum absolute atomic E-state index is 0.637. The zero-order valence-corrected chi connectivity index (χ0v) is 12.0. The van der Waals surface area contributed by atoms with Crippen molar-refractivity contribution in [1.29, 1.82) is 0 Å². The van der Waals surface area contributed by atoms with E-state index in [9.17, 15) is 0 Å². The van der Waals surface area contributed by atoms with Crippen LogP contribution in [0.4, 0.5) is 0 Å². The van der Waals surface area contributed by atoms with Crippen LogP contribution >= 0.6 is 27.3 Å². The normalized spacial score (nSPS) is 13.0. The Morgan fingerprint density at radius 3 is 2.87 bits per heavy atom. The van der Waals surface area contributed by atoms with Gasteiger partial charge in [-0.05, 0) is 35.3 Å². The van der Waals surface area contributed by atoms with E-state index in [4.69, 9.17) is 0 Å². The third-order valence-corrected chi connectivity index (χ3v) is 4.18. The molecule has 0 aliphatic carbocycles. The first kappa shape index (κ1) is 13.2. The van der Waals surface area contributed by atoms with Gasteiger partial charge in [0.1, 0.15) is 0 Å². The molecular formula is C12H20BrNS. The van der Waals surface area contributed by atoms with Crippen LogP contribution < -0.4 is 5.32 Å². The summed E-state index contributed by atoms with van der Waals surface area (Å²) < 4.78 is 1.20. The van der Waals surface area contributed by atoms with Crippen molar-refractivity contribution >= 4 is 27.3 Å². The molecule has 1 unspecified atom stereocenters. The van der Waals surface area contributed by atoms with Gasteiger partial charge in [-0.1, -0.05) is 26.2 Å². The molecule has 0 aromatic carbocycles. The van der Waals surface area contributed by atoms with Crippen LogP contribution in [0.2, 0.25) is 0 Å². The molecule has 0 saturated carbocycles. The molecule has 0 amide bonds. The second kappa shape index (κ2) is 7.42. The van der Waals surface area contributed by atoms with Gasteiger partial charge in [0.25, 0.3) is 0 Å². The number of unbranched alkanes of at least 4 members (excludes halogenated alkanes) is 2. The van der Waals surface area contributed by atoms with E-state index < -0.39 is 0 Å². The van der Waals surface area contributed by atoms with Crippen molar-refractivity contribution in [1.82, 2.24) is 5.32 Å². The molecule has 1 N–H and O–H groups in total. The lowest BCUT2D eigenvalue weighted by Gasteiger charge is -2.12. The molecule has 0 spiro atoms. The molecule has 0 radical (unpaired) electrons. The summed E-state index contributed by atoms with van der Waals surface area (Å²) in [5.74, 6) is 0. The summed E-state index contributed by atoms with van der Waals surface area (Å²) in [4.78, 5) is 1.41. The van der Waals surface area contributed by atoms with Crippen molar-refractivity contribution in [3.63, 3.8) is 0 Å². The first-order valence-corrected chi connectivity index (χ1v) is 7.36. The Morgan fingerprint density at radius 1 is 1.47 bits per heavy atom. The van der Waals surface area contributed by atoms with E-state index in [1.54, 1.807) is 0 Å². The molecule has 0 aliphatic rings. The van der Waals surface area contributed by atoms with E-state index in [2.05, 4.69) is 46.5 Å². The lowest BCUT2D eigenvalue weighted by atomic mass is 10.1. The monoisotopic (exact) mass is 289 g/mol. The molecule has 3 heteroatoms. The Balaban J connectivity index is 2.13. The van der Waals surface area contributed by atoms with Gasteiger partial charge >= 0.3 is 0 Å². The average molecular weight is 290 g/mol. The van der Waals surface area contributed by atoms with E-state index in [0.29, 0.717) is 6.04 Å². The zero-order chi connectivity index (χ0) is 11.1. The summed E-state index contributed by atoms with van der Waals surface area (Å²) in [6.07, 6.45) is 5.31. The molecule has 0 saturated heterocycles. The highest BCUT2D eigenvalue weighted by Crippen LogP contribution is 2.19. The maximum atomic E-state index is 3.56. The van der Waals surface area contributed by atoms with Crippen molar-refractivity contribution in [2.45, 2.75) is 52.1 Å². The molecule has 0 fully saturated rings. The van der Waals surface area contributed by atoms with Crippen molar-refractivity contribution in [3.8, 4) is 0 Å². The fraction of sp³-hybridized carbons (Fsp3) is 0.667. The number of hydrogen-bond acceptors (Lipinski definition) is 2. The van der Waals surface area contributed by atoms with E-state index in [1.807, 2.05) is 11.3 Å². The van der Waals surface area contributed by atoms with Gasteiger partial charge < -0.3 is 5.32 Å². The largest absolute Gasteiger partial charge is 0.309 e. The standard InChI is InChI=1S/C12H20BrNS/c1-3-4-5-6-10(2)14-8-12-7-11(13)9-15-12/h7,9-10,14H,3-6,8H2,1-2H3. The number of rotatable bonds is 7. The van der Waals surface area contributed by atoms with Gasteiger partial charge in [-0.25, -0.2) is 0 Å². The molecule has 1 heterocycles.